The number of aromatic nitrogens is 2. The van der Waals surface area contributed by atoms with E-state index in [1.165, 1.54) is 25.7 Å². The van der Waals surface area contributed by atoms with E-state index in [2.05, 4.69) is 27.8 Å². The van der Waals surface area contributed by atoms with Crippen LogP contribution in [0.25, 0.3) is 21.0 Å². The Morgan fingerprint density at radius 1 is 1.21 bits per heavy atom. The van der Waals surface area contributed by atoms with Crippen molar-refractivity contribution >= 4 is 44.2 Å². The molecule has 1 saturated heterocycles. The molecule has 7 heteroatoms. The van der Waals surface area contributed by atoms with Crippen molar-refractivity contribution in [3.05, 3.63) is 29.3 Å². The minimum absolute atomic E-state index is 0.134. The fraction of sp³-hybridized carbons (Fsp3) is 0.500. The third-order valence-electron chi connectivity index (χ3n) is 6.91. The van der Waals surface area contributed by atoms with E-state index in [-0.39, 0.29) is 5.91 Å². The van der Waals surface area contributed by atoms with Crippen LogP contribution in [0.4, 0.5) is 5.95 Å². The zero-order valence-electron chi connectivity index (χ0n) is 16.4. The second-order valence-electron chi connectivity index (χ2n) is 8.69. The van der Waals surface area contributed by atoms with Crippen LogP contribution in [-0.2, 0) is 0 Å². The van der Waals surface area contributed by atoms with Crippen molar-refractivity contribution in [1.82, 2.24) is 20.2 Å². The van der Waals surface area contributed by atoms with E-state index < -0.39 is 0 Å². The number of nitrogens with zero attached hydrogens (tertiary/aromatic N) is 3. The number of hydrogen-bond acceptors (Lipinski definition) is 6. The largest absolute Gasteiger partial charge is 0.351 e. The van der Waals surface area contributed by atoms with Gasteiger partial charge in [-0.1, -0.05) is 6.42 Å². The minimum Gasteiger partial charge on any atom is -0.351 e. The zero-order valence-corrected chi connectivity index (χ0v) is 17.2. The van der Waals surface area contributed by atoms with Gasteiger partial charge in [0.1, 0.15) is 0 Å². The van der Waals surface area contributed by atoms with Crippen LogP contribution in [-0.4, -0.2) is 53.0 Å². The Hall–Kier alpha value is -2.25. The predicted octanol–water partition coefficient (Wildman–Crippen LogP) is 3.49. The van der Waals surface area contributed by atoms with E-state index in [0.29, 0.717) is 6.04 Å². The molecule has 29 heavy (non-hydrogen) atoms. The van der Waals surface area contributed by atoms with Gasteiger partial charge in [0, 0.05) is 53.9 Å². The molecule has 3 fully saturated rings. The summed E-state index contributed by atoms with van der Waals surface area (Å²) < 4.78 is 1.11. The molecule has 3 aliphatic rings. The molecule has 1 amide bonds. The number of carbonyl (C=O) groups excluding carboxylic acids is 1. The number of fused-ring (bicyclic) bond motifs is 5. The molecule has 1 aliphatic heterocycles. The number of benzene rings is 1. The van der Waals surface area contributed by atoms with Gasteiger partial charge in [-0.05, 0) is 49.3 Å². The molecule has 2 aromatic heterocycles. The summed E-state index contributed by atoms with van der Waals surface area (Å²) in [5.74, 6) is 2.53. The summed E-state index contributed by atoms with van der Waals surface area (Å²) >= 11 is 1.57. The smallest absolute Gasteiger partial charge is 0.264 e. The normalized spacial score (nSPS) is 26.5. The molecule has 0 spiro atoms. The van der Waals surface area contributed by atoms with Crippen LogP contribution in [0.3, 0.4) is 0 Å². The van der Waals surface area contributed by atoms with Crippen LogP contribution in [0.15, 0.2) is 24.4 Å². The summed E-state index contributed by atoms with van der Waals surface area (Å²) in [6, 6.07) is 6.69. The van der Waals surface area contributed by atoms with Gasteiger partial charge in [-0.2, -0.15) is 0 Å². The Kier molecular flexibility index (Phi) is 4.20. The van der Waals surface area contributed by atoms with Crippen LogP contribution in [0.5, 0.6) is 0 Å². The highest BCUT2D eigenvalue weighted by molar-refractivity contribution is 7.21. The molecule has 3 unspecified atom stereocenters. The van der Waals surface area contributed by atoms with Crippen LogP contribution < -0.4 is 10.6 Å². The maximum absolute atomic E-state index is 12.9. The van der Waals surface area contributed by atoms with E-state index in [1.54, 1.807) is 11.3 Å². The first-order chi connectivity index (χ1) is 14.2. The van der Waals surface area contributed by atoms with Crippen LogP contribution >= 0.6 is 11.3 Å². The van der Waals surface area contributed by atoms with Crippen LogP contribution in [0.1, 0.15) is 35.4 Å². The molecule has 0 radical (unpaired) electrons. The third kappa shape index (κ3) is 3.07. The highest BCUT2D eigenvalue weighted by atomic mass is 32.1. The quantitative estimate of drug-likeness (QED) is 0.696. The second kappa shape index (κ2) is 6.92. The zero-order chi connectivity index (χ0) is 19.4. The number of piperazine rings is 1. The summed E-state index contributed by atoms with van der Waals surface area (Å²) in [6.07, 6.45) is 7.24. The van der Waals surface area contributed by atoms with Crippen molar-refractivity contribution in [3.8, 4) is 0 Å². The Morgan fingerprint density at radius 2 is 2.10 bits per heavy atom. The van der Waals surface area contributed by atoms with Gasteiger partial charge in [-0.3, -0.25) is 4.79 Å². The summed E-state index contributed by atoms with van der Waals surface area (Å²) in [6.45, 7) is 3.27. The lowest BCUT2D eigenvalue weighted by molar-refractivity contribution is 0.0741. The molecular formula is C22H25N5OS. The van der Waals surface area contributed by atoms with Crippen LogP contribution in [0.2, 0.25) is 0 Å². The fourth-order valence-electron chi connectivity index (χ4n) is 5.39. The van der Waals surface area contributed by atoms with E-state index in [9.17, 15) is 4.79 Å². The van der Waals surface area contributed by atoms with Gasteiger partial charge in [0.25, 0.3) is 5.91 Å². The van der Waals surface area contributed by atoms with Crippen molar-refractivity contribution in [2.24, 2.45) is 11.8 Å². The summed E-state index contributed by atoms with van der Waals surface area (Å²) in [5, 5.41) is 9.00. The van der Waals surface area contributed by atoms with Crippen molar-refractivity contribution in [1.29, 1.82) is 0 Å². The summed E-state index contributed by atoms with van der Waals surface area (Å²) in [4.78, 5) is 25.1. The van der Waals surface area contributed by atoms with Gasteiger partial charge in [-0.15, -0.1) is 11.3 Å². The first-order valence-electron chi connectivity index (χ1n) is 10.7. The van der Waals surface area contributed by atoms with Crippen molar-refractivity contribution < 1.29 is 4.79 Å². The molecular weight excluding hydrogens is 382 g/mol. The molecule has 6 rings (SSSR count). The number of thiophene rings is 1. The lowest BCUT2D eigenvalue weighted by atomic mass is 9.95. The lowest BCUT2D eigenvalue weighted by Crippen LogP contribution is -2.46. The van der Waals surface area contributed by atoms with Gasteiger partial charge in [-0.25, -0.2) is 9.97 Å². The molecule has 3 aromatic rings. The number of nitrogens with one attached hydrogen (secondary N) is 2. The molecule has 3 atom stereocenters. The summed E-state index contributed by atoms with van der Waals surface area (Å²) in [5.41, 5.74) is 0.943. The maximum Gasteiger partial charge on any atom is 0.264 e. The third-order valence-corrected chi connectivity index (χ3v) is 8.00. The second-order valence-corrected chi connectivity index (χ2v) is 9.77. The molecule has 1 aromatic carbocycles. The van der Waals surface area contributed by atoms with Gasteiger partial charge in [0.05, 0.1) is 10.4 Å². The number of carbonyl (C=O) groups is 1. The fourth-order valence-corrected chi connectivity index (χ4v) is 6.43. The Bertz CT molecular complexity index is 1090. The molecule has 2 N–H and O–H groups in total. The Morgan fingerprint density at radius 3 is 2.90 bits per heavy atom. The highest BCUT2D eigenvalue weighted by Crippen LogP contribution is 2.45. The van der Waals surface area contributed by atoms with Crippen molar-refractivity contribution in [3.63, 3.8) is 0 Å². The van der Waals surface area contributed by atoms with Crippen molar-refractivity contribution in [2.75, 3.05) is 31.5 Å². The van der Waals surface area contributed by atoms with E-state index >= 15 is 0 Å². The highest BCUT2D eigenvalue weighted by Gasteiger charge is 2.39. The standard InChI is InChI=1S/C22H25N5OS/c28-21(27-7-5-23-6-8-27)19-11-16-18(29-19)4-3-15-12-24-22(26-20(15)16)25-17-10-13-1-2-14(17)9-13/h3-4,11-14,17,23H,1-2,5-10H2,(H,24,25,26). The molecule has 2 bridgehead atoms. The van der Waals surface area contributed by atoms with Crippen molar-refractivity contribution in [2.45, 2.75) is 31.7 Å². The predicted molar refractivity (Wildman–Crippen MR) is 117 cm³/mol. The van der Waals surface area contributed by atoms with Gasteiger partial charge in [0.2, 0.25) is 5.95 Å². The number of anilines is 1. The molecule has 150 valence electrons. The SMILES string of the molecule is O=C(c1cc2c(ccc3cnc(NC4CC5CCC4C5)nc32)s1)N1CCNCC1. The maximum atomic E-state index is 12.9. The monoisotopic (exact) mass is 407 g/mol. The summed E-state index contributed by atoms with van der Waals surface area (Å²) in [7, 11) is 0. The van der Waals surface area contributed by atoms with E-state index in [0.717, 1.165) is 69.8 Å². The average Bonchev–Trinajstić information content (AvgIpc) is 3.49. The number of hydrogen-bond donors (Lipinski definition) is 2. The molecule has 2 aliphatic carbocycles. The Balaban J connectivity index is 1.33. The molecule has 3 heterocycles. The van der Waals surface area contributed by atoms with E-state index in [4.69, 9.17) is 4.98 Å². The van der Waals surface area contributed by atoms with E-state index in [1.807, 2.05) is 17.2 Å². The van der Waals surface area contributed by atoms with Gasteiger partial charge >= 0.3 is 0 Å². The lowest BCUT2D eigenvalue weighted by Gasteiger charge is -2.26. The molecule has 6 nitrogen and oxygen atoms in total. The number of rotatable bonds is 3. The first kappa shape index (κ1) is 17.6. The topological polar surface area (TPSA) is 70.2 Å². The van der Waals surface area contributed by atoms with Crippen LogP contribution in [0, 0.1) is 11.8 Å². The average molecular weight is 408 g/mol. The first-order valence-corrected chi connectivity index (χ1v) is 11.5. The Labute approximate surface area is 173 Å². The minimum atomic E-state index is 0.134. The number of amides is 1. The van der Waals surface area contributed by atoms with Gasteiger partial charge in [0.15, 0.2) is 0 Å². The molecule has 2 saturated carbocycles. The van der Waals surface area contributed by atoms with Gasteiger partial charge < -0.3 is 15.5 Å².